The highest BCUT2D eigenvalue weighted by Crippen LogP contribution is 2.18. The van der Waals surface area contributed by atoms with Gasteiger partial charge < -0.3 is 16.0 Å². The molecular weight excluding hydrogens is 286 g/mol. The average Bonchev–Trinajstić information content (AvgIpc) is 2.62. The molecule has 1 saturated carbocycles. The third-order valence-electron chi connectivity index (χ3n) is 5.14. The van der Waals surface area contributed by atoms with Crippen molar-refractivity contribution < 1.29 is 4.79 Å². The highest BCUT2D eigenvalue weighted by Gasteiger charge is 2.16. The van der Waals surface area contributed by atoms with Crippen LogP contribution in [-0.4, -0.2) is 31.6 Å². The van der Waals surface area contributed by atoms with Crippen LogP contribution >= 0.6 is 0 Å². The predicted octanol–water partition coefficient (Wildman–Crippen LogP) is 3.16. The van der Waals surface area contributed by atoms with E-state index in [4.69, 9.17) is 0 Å². The zero-order valence-electron chi connectivity index (χ0n) is 13.9. The van der Waals surface area contributed by atoms with Crippen LogP contribution in [0, 0.1) is 5.92 Å². The monoisotopic (exact) mass is 315 g/mol. The van der Waals surface area contributed by atoms with Gasteiger partial charge >= 0.3 is 0 Å². The molecule has 1 aromatic carbocycles. The second-order valence-electron chi connectivity index (χ2n) is 6.96. The average molecular weight is 315 g/mol. The van der Waals surface area contributed by atoms with Crippen molar-refractivity contribution in [3.05, 3.63) is 29.8 Å². The van der Waals surface area contributed by atoms with Gasteiger partial charge in [0.1, 0.15) is 0 Å². The van der Waals surface area contributed by atoms with Crippen LogP contribution in [-0.2, 0) is 0 Å². The normalized spacial score (nSPS) is 20.2. The van der Waals surface area contributed by atoms with Crippen molar-refractivity contribution in [2.24, 2.45) is 5.92 Å². The predicted molar refractivity (Wildman–Crippen MR) is 94.9 cm³/mol. The van der Waals surface area contributed by atoms with Crippen LogP contribution in [0.25, 0.3) is 0 Å². The lowest BCUT2D eigenvalue weighted by Gasteiger charge is -2.23. The molecule has 0 radical (unpaired) electrons. The minimum atomic E-state index is 0.0711. The minimum Gasteiger partial charge on any atom is -0.385 e. The number of anilines is 1. The molecule has 4 heteroatoms. The molecule has 2 fully saturated rings. The SMILES string of the molecule is O=C(NC1CCCCC1)c1ccc(NCC2CCNCC2)cc1. The lowest BCUT2D eigenvalue weighted by molar-refractivity contribution is 0.0928. The number of amides is 1. The standard InChI is InChI=1S/C19H29N3O/c23-19(22-18-4-2-1-3-5-18)16-6-8-17(9-7-16)21-14-15-10-12-20-13-11-15/h6-9,15,18,20-21H,1-5,10-14H2,(H,22,23). The number of benzene rings is 1. The van der Waals surface area contributed by atoms with Gasteiger partial charge in [-0.3, -0.25) is 4.79 Å². The van der Waals surface area contributed by atoms with Crippen molar-refractivity contribution >= 4 is 11.6 Å². The van der Waals surface area contributed by atoms with Crippen LogP contribution in [0.15, 0.2) is 24.3 Å². The smallest absolute Gasteiger partial charge is 0.251 e. The molecule has 0 spiro atoms. The van der Waals surface area contributed by atoms with Crippen LogP contribution in [0.2, 0.25) is 0 Å². The lowest BCUT2D eigenvalue weighted by Crippen LogP contribution is -2.36. The summed E-state index contributed by atoms with van der Waals surface area (Å²) in [5.41, 5.74) is 1.88. The first-order valence-electron chi connectivity index (χ1n) is 9.17. The van der Waals surface area contributed by atoms with Gasteiger partial charge in [-0.2, -0.15) is 0 Å². The largest absolute Gasteiger partial charge is 0.385 e. The summed E-state index contributed by atoms with van der Waals surface area (Å²) in [6, 6.07) is 8.29. The molecule has 2 aliphatic rings. The van der Waals surface area contributed by atoms with Crippen LogP contribution in [0.3, 0.4) is 0 Å². The number of carbonyl (C=O) groups is 1. The Balaban J connectivity index is 1.46. The summed E-state index contributed by atoms with van der Waals surface area (Å²) in [5, 5.41) is 10.1. The van der Waals surface area contributed by atoms with E-state index in [-0.39, 0.29) is 5.91 Å². The topological polar surface area (TPSA) is 53.2 Å². The van der Waals surface area contributed by atoms with E-state index in [0.717, 1.165) is 49.6 Å². The molecule has 1 aromatic rings. The molecule has 126 valence electrons. The molecule has 1 saturated heterocycles. The Hall–Kier alpha value is -1.55. The molecule has 0 bridgehead atoms. The zero-order valence-corrected chi connectivity index (χ0v) is 13.9. The Morgan fingerprint density at radius 1 is 1.00 bits per heavy atom. The van der Waals surface area contributed by atoms with E-state index >= 15 is 0 Å². The van der Waals surface area contributed by atoms with Crippen molar-refractivity contribution in [1.29, 1.82) is 0 Å². The van der Waals surface area contributed by atoms with Crippen LogP contribution in [0.5, 0.6) is 0 Å². The summed E-state index contributed by atoms with van der Waals surface area (Å²) in [6.07, 6.45) is 8.53. The van der Waals surface area contributed by atoms with Gasteiger partial charge in [0.2, 0.25) is 0 Å². The van der Waals surface area contributed by atoms with Gasteiger partial charge in [-0.05, 0) is 69.0 Å². The Morgan fingerprint density at radius 2 is 1.70 bits per heavy atom. The van der Waals surface area contributed by atoms with E-state index < -0.39 is 0 Å². The van der Waals surface area contributed by atoms with Crippen molar-refractivity contribution in [2.45, 2.75) is 51.0 Å². The fraction of sp³-hybridized carbons (Fsp3) is 0.632. The summed E-state index contributed by atoms with van der Waals surface area (Å²) in [7, 11) is 0. The van der Waals surface area contributed by atoms with E-state index in [0.29, 0.717) is 6.04 Å². The molecular formula is C19H29N3O. The van der Waals surface area contributed by atoms with E-state index in [1.54, 1.807) is 0 Å². The first kappa shape index (κ1) is 16.3. The number of rotatable bonds is 5. The van der Waals surface area contributed by atoms with Gasteiger partial charge in [0.15, 0.2) is 0 Å². The maximum atomic E-state index is 12.3. The fourth-order valence-electron chi connectivity index (χ4n) is 3.60. The molecule has 0 aromatic heterocycles. The molecule has 0 atom stereocenters. The van der Waals surface area contributed by atoms with Gasteiger partial charge in [0, 0.05) is 23.8 Å². The Kier molecular flexibility index (Phi) is 5.92. The Morgan fingerprint density at radius 3 is 2.39 bits per heavy atom. The summed E-state index contributed by atoms with van der Waals surface area (Å²) < 4.78 is 0. The third kappa shape index (κ3) is 4.96. The van der Waals surface area contributed by atoms with E-state index in [1.807, 2.05) is 24.3 Å². The van der Waals surface area contributed by atoms with E-state index in [1.165, 1.54) is 32.1 Å². The molecule has 3 N–H and O–H groups in total. The third-order valence-corrected chi connectivity index (χ3v) is 5.14. The van der Waals surface area contributed by atoms with Crippen molar-refractivity contribution in [2.75, 3.05) is 25.0 Å². The number of hydrogen-bond acceptors (Lipinski definition) is 3. The minimum absolute atomic E-state index is 0.0711. The first-order valence-corrected chi connectivity index (χ1v) is 9.17. The summed E-state index contributed by atoms with van der Waals surface area (Å²) in [5.74, 6) is 0.826. The fourth-order valence-corrected chi connectivity index (χ4v) is 3.60. The second-order valence-corrected chi connectivity index (χ2v) is 6.96. The molecule has 0 unspecified atom stereocenters. The maximum absolute atomic E-state index is 12.3. The number of piperidine rings is 1. The highest BCUT2D eigenvalue weighted by molar-refractivity contribution is 5.94. The summed E-state index contributed by atoms with van der Waals surface area (Å²) >= 11 is 0. The molecule has 23 heavy (non-hydrogen) atoms. The molecule has 1 amide bonds. The summed E-state index contributed by atoms with van der Waals surface area (Å²) in [4.78, 5) is 12.3. The lowest BCUT2D eigenvalue weighted by atomic mass is 9.95. The Labute approximate surface area is 139 Å². The van der Waals surface area contributed by atoms with Gasteiger partial charge in [-0.15, -0.1) is 0 Å². The number of hydrogen-bond donors (Lipinski definition) is 3. The van der Waals surface area contributed by atoms with Crippen LogP contribution in [0.1, 0.15) is 55.3 Å². The van der Waals surface area contributed by atoms with Gasteiger partial charge in [0.05, 0.1) is 0 Å². The van der Waals surface area contributed by atoms with Crippen molar-refractivity contribution in [1.82, 2.24) is 10.6 Å². The summed E-state index contributed by atoms with van der Waals surface area (Å²) in [6.45, 7) is 3.29. The molecule has 1 aliphatic heterocycles. The Bertz CT molecular complexity index is 488. The maximum Gasteiger partial charge on any atom is 0.251 e. The zero-order chi connectivity index (χ0) is 15.9. The number of nitrogens with one attached hydrogen (secondary N) is 3. The van der Waals surface area contributed by atoms with Crippen LogP contribution in [0.4, 0.5) is 5.69 Å². The second kappa shape index (κ2) is 8.34. The first-order chi connectivity index (χ1) is 11.3. The van der Waals surface area contributed by atoms with Crippen molar-refractivity contribution in [3.8, 4) is 0 Å². The van der Waals surface area contributed by atoms with Gasteiger partial charge in [0.25, 0.3) is 5.91 Å². The number of carbonyl (C=O) groups excluding carboxylic acids is 1. The van der Waals surface area contributed by atoms with E-state index in [2.05, 4.69) is 16.0 Å². The van der Waals surface area contributed by atoms with Crippen molar-refractivity contribution in [3.63, 3.8) is 0 Å². The van der Waals surface area contributed by atoms with Gasteiger partial charge in [-0.1, -0.05) is 19.3 Å². The molecule has 1 aliphatic carbocycles. The van der Waals surface area contributed by atoms with Crippen LogP contribution < -0.4 is 16.0 Å². The van der Waals surface area contributed by atoms with Gasteiger partial charge in [-0.25, -0.2) is 0 Å². The molecule has 1 heterocycles. The quantitative estimate of drug-likeness (QED) is 0.782. The molecule has 3 rings (SSSR count). The van der Waals surface area contributed by atoms with E-state index in [9.17, 15) is 4.79 Å². The molecule has 4 nitrogen and oxygen atoms in total. The highest BCUT2D eigenvalue weighted by atomic mass is 16.1.